The summed E-state index contributed by atoms with van der Waals surface area (Å²) in [5.74, 6) is 1.21. The number of ether oxygens (including phenoxy) is 1. The molecule has 1 saturated heterocycles. The SMILES string of the molecule is CCN(C)C[C@H]1CCN(c2cc(OC)ccc2[N+](=O)[O-])C1. The van der Waals surface area contributed by atoms with Crippen LogP contribution in [0.3, 0.4) is 0 Å². The van der Waals surface area contributed by atoms with Gasteiger partial charge in [-0.3, -0.25) is 10.1 Å². The Hall–Kier alpha value is -1.82. The van der Waals surface area contributed by atoms with E-state index in [1.807, 2.05) is 0 Å². The van der Waals surface area contributed by atoms with Gasteiger partial charge < -0.3 is 14.5 Å². The van der Waals surface area contributed by atoms with Crippen LogP contribution in [0.4, 0.5) is 11.4 Å². The molecule has 6 nitrogen and oxygen atoms in total. The van der Waals surface area contributed by atoms with E-state index in [-0.39, 0.29) is 10.6 Å². The predicted molar refractivity (Wildman–Crippen MR) is 83.1 cm³/mol. The third-order valence-corrected chi connectivity index (χ3v) is 4.12. The quantitative estimate of drug-likeness (QED) is 0.595. The van der Waals surface area contributed by atoms with Crippen molar-refractivity contribution in [1.29, 1.82) is 0 Å². The molecule has 2 rings (SSSR count). The molecule has 0 spiro atoms. The molecule has 1 aliphatic rings. The number of hydrogen-bond donors (Lipinski definition) is 0. The summed E-state index contributed by atoms with van der Waals surface area (Å²) in [7, 11) is 3.69. The molecule has 1 atom stereocenters. The highest BCUT2D eigenvalue weighted by molar-refractivity contribution is 5.66. The van der Waals surface area contributed by atoms with E-state index in [9.17, 15) is 10.1 Å². The molecule has 1 aromatic rings. The molecule has 0 bridgehead atoms. The highest BCUT2D eigenvalue weighted by Crippen LogP contribution is 2.35. The molecule has 0 radical (unpaired) electrons. The summed E-state index contributed by atoms with van der Waals surface area (Å²) in [6.45, 7) is 5.91. The van der Waals surface area contributed by atoms with Crippen LogP contribution in [-0.2, 0) is 0 Å². The minimum Gasteiger partial charge on any atom is -0.497 e. The van der Waals surface area contributed by atoms with Crippen molar-refractivity contribution >= 4 is 11.4 Å². The number of nitrogens with zero attached hydrogens (tertiary/aromatic N) is 3. The Morgan fingerprint density at radius 2 is 2.29 bits per heavy atom. The number of nitro benzene ring substituents is 1. The molecule has 1 fully saturated rings. The normalized spacial score (nSPS) is 18.3. The zero-order chi connectivity index (χ0) is 15.4. The molecule has 6 heteroatoms. The van der Waals surface area contributed by atoms with Gasteiger partial charge in [-0.15, -0.1) is 0 Å². The van der Waals surface area contributed by atoms with Gasteiger partial charge in [0.05, 0.1) is 12.0 Å². The van der Waals surface area contributed by atoms with Crippen LogP contribution >= 0.6 is 0 Å². The number of benzene rings is 1. The number of nitro groups is 1. The second-order valence-electron chi connectivity index (χ2n) is 5.57. The minimum absolute atomic E-state index is 0.153. The van der Waals surface area contributed by atoms with Crippen LogP contribution < -0.4 is 9.64 Å². The number of rotatable bonds is 6. The van der Waals surface area contributed by atoms with Gasteiger partial charge in [0.25, 0.3) is 5.69 Å². The molecule has 0 aliphatic carbocycles. The Morgan fingerprint density at radius 3 is 2.90 bits per heavy atom. The number of methoxy groups -OCH3 is 1. The molecule has 1 aromatic carbocycles. The molecule has 1 aliphatic heterocycles. The van der Waals surface area contributed by atoms with Crippen molar-refractivity contribution in [2.24, 2.45) is 5.92 Å². The first-order chi connectivity index (χ1) is 10.0. The highest BCUT2D eigenvalue weighted by Gasteiger charge is 2.28. The molecule has 1 heterocycles. The highest BCUT2D eigenvalue weighted by atomic mass is 16.6. The average molecular weight is 293 g/mol. The van der Waals surface area contributed by atoms with Crippen LogP contribution in [0.1, 0.15) is 13.3 Å². The van der Waals surface area contributed by atoms with Gasteiger partial charge in [-0.2, -0.15) is 0 Å². The standard InChI is InChI=1S/C15H23N3O3/c1-4-16(2)10-12-7-8-17(11-12)15-9-13(21-3)5-6-14(15)18(19)20/h5-6,9,12H,4,7-8,10-11H2,1-3H3/t12-/m1/s1. The fourth-order valence-electron chi connectivity index (χ4n) is 2.81. The molecule has 0 saturated carbocycles. The van der Waals surface area contributed by atoms with E-state index in [4.69, 9.17) is 4.74 Å². The summed E-state index contributed by atoms with van der Waals surface area (Å²) in [5, 5.41) is 11.2. The maximum absolute atomic E-state index is 11.2. The lowest BCUT2D eigenvalue weighted by atomic mass is 10.1. The summed E-state index contributed by atoms with van der Waals surface area (Å²) in [4.78, 5) is 15.3. The molecule has 0 N–H and O–H groups in total. The summed E-state index contributed by atoms with van der Waals surface area (Å²) >= 11 is 0. The van der Waals surface area contributed by atoms with Crippen molar-refractivity contribution in [2.75, 3.05) is 45.2 Å². The first kappa shape index (κ1) is 15.6. The van der Waals surface area contributed by atoms with Crippen molar-refractivity contribution < 1.29 is 9.66 Å². The van der Waals surface area contributed by atoms with Gasteiger partial charge in [-0.05, 0) is 32.0 Å². The maximum Gasteiger partial charge on any atom is 0.292 e. The zero-order valence-corrected chi connectivity index (χ0v) is 12.9. The van der Waals surface area contributed by atoms with Gasteiger partial charge in [0.15, 0.2) is 0 Å². The van der Waals surface area contributed by atoms with Gasteiger partial charge >= 0.3 is 0 Å². The molecular weight excluding hydrogens is 270 g/mol. The Morgan fingerprint density at radius 1 is 1.52 bits per heavy atom. The second-order valence-corrected chi connectivity index (χ2v) is 5.57. The van der Waals surface area contributed by atoms with Gasteiger partial charge in [-0.1, -0.05) is 6.92 Å². The number of anilines is 1. The molecular formula is C15H23N3O3. The lowest BCUT2D eigenvalue weighted by Crippen LogP contribution is -2.28. The van der Waals surface area contributed by atoms with E-state index in [2.05, 4.69) is 23.8 Å². The largest absolute Gasteiger partial charge is 0.497 e. The third-order valence-electron chi connectivity index (χ3n) is 4.12. The Kier molecular flexibility index (Phi) is 5.01. The van der Waals surface area contributed by atoms with E-state index >= 15 is 0 Å². The molecule has 0 aromatic heterocycles. The van der Waals surface area contributed by atoms with Crippen molar-refractivity contribution in [2.45, 2.75) is 13.3 Å². The number of hydrogen-bond acceptors (Lipinski definition) is 5. The first-order valence-electron chi connectivity index (χ1n) is 7.31. The van der Waals surface area contributed by atoms with E-state index in [1.165, 1.54) is 6.07 Å². The van der Waals surface area contributed by atoms with Crippen molar-refractivity contribution in [3.63, 3.8) is 0 Å². The lowest BCUT2D eigenvalue weighted by Gasteiger charge is -2.21. The van der Waals surface area contributed by atoms with Crippen LogP contribution in [0.15, 0.2) is 18.2 Å². The average Bonchev–Trinajstić information content (AvgIpc) is 2.94. The Labute approximate surface area is 125 Å². The zero-order valence-electron chi connectivity index (χ0n) is 12.9. The summed E-state index contributed by atoms with van der Waals surface area (Å²) in [5.41, 5.74) is 0.821. The van der Waals surface area contributed by atoms with Gasteiger partial charge in [0.2, 0.25) is 0 Å². The fraction of sp³-hybridized carbons (Fsp3) is 0.600. The third kappa shape index (κ3) is 3.64. The molecule has 0 unspecified atom stereocenters. The lowest BCUT2D eigenvalue weighted by molar-refractivity contribution is -0.384. The van der Waals surface area contributed by atoms with Gasteiger partial charge in [0, 0.05) is 31.8 Å². The summed E-state index contributed by atoms with van der Waals surface area (Å²) < 4.78 is 5.20. The van der Waals surface area contributed by atoms with Crippen molar-refractivity contribution in [3.05, 3.63) is 28.3 Å². The summed E-state index contributed by atoms with van der Waals surface area (Å²) in [6.07, 6.45) is 1.07. The second kappa shape index (κ2) is 6.76. The first-order valence-corrected chi connectivity index (χ1v) is 7.31. The minimum atomic E-state index is -0.319. The Balaban J connectivity index is 2.16. The monoisotopic (exact) mass is 293 g/mol. The van der Waals surface area contributed by atoms with Crippen molar-refractivity contribution in [1.82, 2.24) is 4.90 Å². The molecule has 116 valence electrons. The smallest absolute Gasteiger partial charge is 0.292 e. The van der Waals surface area contributed by atoms with Gasteiger partial charge in [-0.25, -0.2) is 0 Å². The van der Waals surface area contributed by atoms with E-state index in [1.54, 1.807) is 19.2 Å². The topological polar surface area (TPSA) is 58.8 Å². The van der Waals surface area contributed by atoms with E-state index < -0.39 is 0 Å². The van der Waals surface area contributed by atoms with E-state index in [0.29, 0.717) is 17.4 Å². The van der Waals surface area contributed by atoms with Crippen LogP contribution in [0.2, 0.25) is 0 Å². The predicted octanol–water partition coefficient (Wildman–Crippen LogP) is 2.38. The fourth-order valence-corrected chi connectivity index (χ4v) is 2.81. The van der Waals surface area contributed by atoms with Crippen LogP contribution in [-0.4, -0.2) is 50.2 Å². The van der Waals surface area contributed by atoms with Crippen LogP contribution in [0.5, 0.6) is 5.75 Å². The van der Waals surface area contributed by atoms with Crippen LogP contribution in [0, 0.1) is 16.0 Å². The molecule has 21 heavy (non-hydrogen) atoms. The Bertz CT molecular complexity index is 507. The maximum atomic E-state index is 11.2. The van der Waals surface area contributed by atoms with Gasteiger partial charge in [0.1, 0.15) is 11.4 Å². The van der Waals surface area contributed by atoms with Crippen molar-refractivity contribution in [3.8, 4) is 5.75 Å². The summed E-state index contributed by atoms with van der Waals surface area (Å²) in [6, 6.07) is 4.93. The van der Waals surface area contributed by atoms with E-state index in [0.717, 1.165) is 32.6 Å². The molecule has 0 amide bonds. The van der Waals surface area contributed by atoms with Crippen LogP contribution in [0.25, 0.3) is 0 Å².